The molecule has 1 heterocycles. The van der Waals surface area contributed by atoms with Gasteiger partial charge in [-0.1, -0.05) is 19.1 Å². The summed E-state index contributed by atoms with van der Waals surface area (Å²) in [4.78, 5) is 14.3. The first kappa shape index (κ1) is 18.8. The van der Waals surface area contributed by atoms with E-state index in [9.17, 15) is 4.79 Å². The number of benzene rings is 1. The molecule has 5 heteroatoms. The summed E-state index contributed by atoms with van der Waals surface area (Å²) < 4.78 is 5.67. The van der Waals surface area contributed by atoms with Gasteiger partial charge >= 0.3 is 0 Å². The summed E-state index contributed by atoms with van der Waals surface area (Å²) in [5.74, 6) is 1.47. The number of nitrogens with two attached hydrogens (primary N) is 1. The summed E-state index contributed by atoms with van der Waals surface area (Å²) in [6.45, 7) is 6.00. The number of halogens is 1. The van der Waals surface area contributed by atoms with Gasteiger partial charge in [0.15, 0.2) is 0 Å². The highest BCUT2D eigenvalue weighted by Gasteiger charge is 2.30. The van der Waals surface area contributed by atoms with Crippen LogP contribution in [0.2, 0.25) is 0 Å². The molecule has 22 heavy (non-hydrogen) atoms. The van der Waals surface area contributed by atoms with Gasteiger partial charge in [0.05, 0.1) is 13.0 Å². The van der Waals surface area contributed by atoms with E-state index in [0.717, 1.165) is 30.7 Å². The molecule has 0 aromatic heterocycles. The number of hydrogen-bond donors (Lipinski definition) is 1. The largest absolute Gasteiger partial charge is 0.493 e. The highest BCUT2D eigenvalue weighted by atomic mass is 35.5. The first-order chi connectivity index (χ1) is 10.1. The lowest BCUT2D eigenvalue weighted by Crippen LogP contribution is -2.51. The van der Waals surface area contributed by atoms with Crippen LogP contribution < -0.4 is 10.5 Å². The second-order valence-electron chi connectivity index (χ2n) is 5.92. The molecule has 0 bridgehead atoms. The van der Waals surface area contributed by atoms with E-state index in [2.05, 4.69) is 6.92 Å². The van der Waals surface area contributed by atoms with Crippen molar-refractivity contribution in [2.75, 3.05) is 19.7 Å². The van der Waals surface area contributed by atoms with E-state index in [1.54, 1.807) is 0 Å². The standard InChI is InChI=1S/C17H26N2O2.ClH/c1-13-5-3-7-15(11-13)21-10-8-17(20)19-9-4-6-14(2)16(19)12-18;/h3,5,7,11,14,16H,4,6,8-10,12,18H2,1-2H3;1H. The van der Waals surface area contributed by atoms with E-state index in [4.69, 9.17) is 10.5 Å². The van der Waals surface area contributed by atoms with Crippen molar-refractivity contribution < 1.29 is 9.53 Å². The average Bonchev–Trinajstić information content (AvgIpc) is 2.47. The number of hydrogen-bond acceptors (Lipinski definition) is 3. The lowest BCUT2D eigenvalue weighted by molar-refractivity contribution is -0.136. The molecule has 2 atom stereocenters. The molecule has 1 fully saturated rings. The number of rotatable bonds is 5. The smallest absolute Gasteiger partial charge is 0.226 e. The van der Waals surface area contributed by atoms with Crippen LogP contribution in [-0.4, -0.2) is 36.5 Å². The number of ether oxygens (including phenoxy) is 1. The molecule has 0 aliphatic carbocycles. The molecule has 4 nitrogen and oxygen atoms in total. The molecule has 1 aliphatic heterocycles. The van der Waals surface area contributed by atoms with Gasteiger partial charge in [0.2, 0.25) is 5.91 Å². The van der Waals surface area contributed by atoms with Crippen molar-refractivity contribution in [2.24, 2.45) is 11.7 Å². The Morgan fingerprint density at radius 3 is 2.91 bits per heavy atom. The van der Waals surface area contributed by atoms with Crippen molar-refractivity contribution in [3.8, 4) is 5.75 Å². The predicted molar refractivity (Wildman–Crippen MR) is 91.5 cm³/mol. The lowest BCUT2D eigenvalue weighted by Gasteiger charge is -2.39. The molecule has 124 valence electrons. The normalized spacial score (nSPS) is 21.1. The van der Waals surface area contributed by atoms with Crippen LogP contribution in [0.5, 0.6) is 5.75 Å². The van der Waals surface area contributed by atoms with Gasteiger partial charge in [-0.3, -0.25) is 4.79 Å². The summed E-state index contributed by atoms with van der Waals surface area (Å²) in [6, 6.07) is 8.08. The number of likely N-dealkylation sites (tertiary alicyclic amines) is 1. The summed E-state index contributed by atoms with van der Waals surface area (Å²) in [6.07, 6.45) is 2.64. The van der Waals surface area contributed by atoms with Crippen molar-refractivity contribution in [3.63, 3.8) is 0 Å². The van der Waals surface area contributed by atoms with E-state index in [1.807, 2.05) is 36.1 Å². The fourth-order valence-corrected chi connectivity index (χ4v) is 3.02. The van der Waals surface area contributed by atoms with Crippen molar-refractivity contribution in [2.45, 2.75) is 39.2 Å². The van der Waals surface area contributed by atoms with E-state index in [-0.39, 0.29) is 24.4 Å². The number of aryl methyl sites for hydroxylation is 1. The number of carbonyl (C=O) groups is 1. The molecular weight excluding hydrogens is 300 g/mol. The minimum Gasteiger partial charge on any atom is -0.493 e. The number of amides is 1. The van der Waals surface area contributed by atoms with Crippen molar-refractivity contribution in [1.29, 1.82) is 0 Å². The Bertz CT molecular complexity index is 481. The fraction of sp³-hybridized carbons (Fsp3) is 0.588. The Morgan fingerprint density at radius 1 is 1.45 bits per heavy atom. The van der Waals surface area contributed by atoms with Crippen LogP contribution in [0.4, 0.5) is 0 Å². The molecule has 2 rings (SSSR count). The lowest BCUT2D eigenvalue weighted by atomic mass is 9.90. The summed E-state index contributed by atoms with van der Waals surface area (Å²) in [5.41, 5.74) is 6.99. The highest BCUT2D eigenvalue weighted by Crippen LogP contribution is 2.23. The maximum Gasteiger partial charge on any atom is 0.226 e. The van der Waals surface area contributed by atoms with E-state index in [0.29, 0.717) is 25.5 Å². The molecule has 1 aromatic rings. The Labute approximate surface area is 139 Å². The second-order valence-corrected chi connectivity index (χ2v) is 5.92. The first-order valence-corrected chi connectivity index (χ1v) is 7.81. The summed E-state index contributed by atoms with van der Waals surface area (Å²) in [5, 5.41) is 0. The number of carbonyl (C=O) groups excluding carboxylic acids is 1. The Kier molecular flexibility index (Phi) is 7.69. The minimum atomic E-state index is 0. The van der Waals surface area contributed by atoms with Crippen molar-refractivity contribution in [3.05, 3.63) is 29.8 Å². The van der Waals surface area contributed by atoms with Gasteiger partial charge in [0.25, 0.3) is 0 Å². The molecular formula is C17H27ClN2O2. The minimum absolute atomic E-state index is 0. The van der Waals surface area contributed by atoms with Crippen LogP contribution in [0.1, 0.15) is 31.7 Å². The molecule has 1 saturated heterocycles. The monoisotopic (exact) mass is 326 g/mol. The third-order valence-electron chi connectivity index (χ3n) is 4.25. The quantitative estimate of drug-likeness (QED) is 0.905. The molecule has 0 spiro atoms. The Morgan fingerprint density at radius 2 is 2.23 bits per heavy atom. The van der Waals surface area contributed by atoms with Gasteiger partial charge in [-0.2, -0.15) is 0 Å². The van der Waals surface area contributed by atoms with Crippen LogP contribution in [-0.2, 0) is 4.79 Å². The topological polar surface area (TPSA) is 55.6 Å². The van der Waals surface area contributed by atoms with Crippen LogP contribution in [0.15, 0.2) is 24.3 Å². The fourth-order valence-electron chi connectivity index (χ4n) is 3.02. The van der Waals surface area contributed by atoms with Crippen LogP contribution in [0, 0.1) is 12.8 Å². The maximum atomic E-state index is 12.4. The van der Waals surface area contributed by atoms with Crippen molar-refractivity contribution >= 4 is 18.3 Å². The van der Waals surface area contributed by atoms with Crippen molar-refractivity contribution in [1.82, 2.24) is 4.90 Å². The molecule has 2 N–H and O–H groups in total. The molecule has 0 radical (unpaired) electrons. The summed E-state index contributed by atoms with van der Waals surface area (Å²) >= 11 is 0. The Hall–Kier alpha value is -1.26. The van der Waals surface area contributed by atoms with Gasteiger partial charge < -0.3 is 15.4 Å². The molecule has 2 unspecified atom stereocenters. The van der Waals surface area contributed by atoms with Gasteiger partial charge in [0.1, 0.15) is 5.75 Å². The second kappa shape index (κ2) is 9.01. The molecule has 1 aliphatic rings. The summed E-state index contributed by atoms with van der Waals surface area (Å²) in [7, 11) is 0. The zero-order valence-electron chi connectivity index (χ0n) is 13.5. The zero-order chi connectivity index (χ0) is 15.2. The van der Waals surface area contributed by atoms with E-state index < -0.39 is 0 Å². The third kappa shape index (κ3) is 4.89. The van der Waals surface area contributed by atoms with E-state index >= 15 is 0 Å². The van der Waals surface area contributed by atoms with Crippen LogP contribution >= 0.6 is 12.4 Å². The van der Waals surface area contributed by atoms with Gasteiger partial charge in [-0.15, -0.1) is 12.4 Å². The van der Waals surface area contributed by atoms with Gasteiger partial charge in [0, 0.05) is 19.1 Å². The van der Waals surface area contributed by atoms with Gasteiger partial charge in [-0.05, 0) is 43.4 Å². The Balaban J connectivity index is 0.00000242. The number of nitrogens with zero attached hydrogens (tertiary/aromatic N) is 1. The molecule has 1 amide bonds. The van der Waals surface area contributed by atoms with Crippen LogP contribution in [0.25, 0.3) is 0 Å². The number of piperidine rings is 1. The first-order valence-electron chi connectivity index (χ1n) is 7.81. The zero-order valence-corrected chi connectivity index (χ0v) is 14.3. The predicted octanol–water partition coefficient (Wildman–Crippen LogP) is 2.77. The average molecular weight is 327 g/mol. The SMILES string of the molecule is Cc1cccc(OCCC(=O)N2CCCC(C)C2CN)c1.Cl. The third-order valence-corrected chi connectivity index (χ3v) is 4.25. The van der Waals surface area contributed by atoms with E-state index in [1.165, 1.54) is 0 Å². The highest BCUT2D eigenvalue weighted by molar-refractivity contribution is 5.85. The molecule has 1 aromatic carbocycles. The van der Waals surface area contributed by atoms with Gasteiger partial charge in [-0.25, -0.2) is 0 Å². The maximum absolute atomic E-state index is 12.4. The molecule has 0 saturated carbocycles. The van der Waals surface area contributed by atoms with Crippen LogP contribution in [0.3, 0.4) is 0 Å².